The average Bonchev–Trinajstić information content (AvgIpc) is 2.78. The fourth-order valence-corrected chi connectivity index (χ4v) is 4.74. The van der Waals surface area contributed by atoms with Gasteiger partial charge in [-0.05, 0) is 73.3 Å². The standard InChI is InChI=1S/C24H29ClN2O3/c1-29-21-14-18-10-13-27(23(28)16-26-11-4-3-5-12-26)24(20(18)15-22(21)30-2)17-6-8-19(25)9-7-17/h6-9,14-15,24H,3-5,10-13,16H2,1-2H3. The van der Waals surface area contributed by atoms with E-state index in [9.17, 15) is 4.79 Å². The summed E-state index contributed by atoms with van der Waals surface area (Å²) in [5, 5.41) is 0.688. The second-order valence-electron chi connectivity index (χ2n) is 8.03. The summed E-state index contributed by atoms with van der Waals surface area (Å²) in [6, 6.07) is 11.7. The number of piperidine rings is 1. The maximum absolute atomic E-state index is 13.4. The van der Waals surface area contributed by atoms with Gasteiger partial charge in [-0.25, -0.2) is 0 Å². The summed E-state index contributed by atoms with van der Waals surface area (Å²) in [4.78, 5) is 17.7. The number of carbonyl (C=O) groups excluding carboxylic acids is 1. The fourth-order valence-electron chi connectivity index (χ4n) is 4.62. The third kappa shape index (κ3) is 4.28. The first-order valence-electron chi connectivity index (χ1n) is 10.6. The molecular formula is C24H29ClN2O3. The molecule has 2 aliphatic rings. The van der Waals surface area contributed by atoms with Crippen molar-refractivity contribution < 1.29 is 14.3 Å². The number of methoxy groups -OCH3 is 2. The Labute approximate surface area is 183 Å². The molecule has 0 saturated carbocycles. The highest BCUT2D eigenvalue weighted by molar-refractivity contribution is 6.30. The van der Waals surface area contributed by atoms with Gasteiger partial charge >= 0.3 is 0 Å². The molecule has 0 bridgehead atoms. The van der Waals surface area contributed by atoms with Crippen LogP contribution in [0.3, 0.4) is 0 Å². The van der Waals surface area contributed by atoms with Gasteiger partial charge in [0, 0.05) is 11.6 Å². The van der Waals surface area contributed by atoms with E-state index in [4.69, 9.17) is 21.1 Å². The highest BCUT2D eigenvalue weighted by Gasteiger charge is 2.34. The first-order valence-corrected chi connectivity index (χ1v) is 11.0. The predicted molar refractivity (Wildman–Crippen MR) is 119 cm³/mol. The highest BCUT2D eigenvalue weighted by Crippen LogP contribution is 2.41. The van der Waals surface area contributed by atoms with Gasteiger partial charge < -0.3 is 14.4 Å². The number of fused-ring (bicyclic) bond motifs is 1. The minimum absolute atomic E-state index is 0.164. The Bertz CT molecular complexity index is 894. The van der Waals surface area contributed by atoms with Crippen molar-refractivity contribution in [2.24, 2.45) is 0 Å². The number of nitrogens with zero attached hydrogens (tertiary/aromatic N) is 2. The minimum Gasteiger partial charge on any atom is -0.493 e. The quantitative estimate of drug-likeness (QED) is 0.711. The molecule has 1 saturated heterocycles. The molecule has 0 N–H and O–H groups in total. The maximum Gasteiger partial charge on any atom is 0.237 e. The van der Waals surface area contributed by atoms with Crippen LogP contribution in [0.1, 0.15) is 42.0 Å². The Morgan fingerprint density at radius 2 is 1.67 bits per heavy atom. The molecule has 2 heterocycles. The van der Waals surface area contributed by atoms with Crippen molar-refractivity contribution in [1.82, 2.24) is 9.80 Å². The van der Waals surface area contributed by atoms with Crippen LogP contribution in [0.4, 0.5) is 0 Å². The van der Waals surface area contributed by atoms with Gasteiger partial charge in [-0.3, -0.25) is 9.69 Å². The van der Waals surface area contributed by atoms with Gasteiger partial charge in [0.25, 0.3) is 0 Å². The first-order chi connectivity index (χ1) is 14.6. The number of benzene rings is 2. The Morgan fingerprint density at radius 3 is 2.33 bits per heavy atom. The van der Waals surface area contributed by atoms with Crippen LogP contribution in [0, 0.1) is 0 Å². The van der Waals surface area contributed by atoms with Crippen LogP contribution in [0.15, 0.2) is 36.4 Å². The lowest BCUT2D eigenvalue weighted by Crippen LogP contribution is -2.46. The zero-order valence-corrected chi connectivity index (χ0v) is 18.5. The predicted octanol–water partition coefficient (Wildman–Crippen LogP) is 4.32. The summed E-state index contributed by atoms with van der Waals surface area (Å²) in [5.41, 5.74) is 3.34. The van der Waals surface area contributed by atoms with E-state index in [2.05, 4.69) is 4.90 Å². The smallest absolute Gasteiger partial charge is 0.237 e. The van der Waals surface area contributed by atoms with Crippen molar-refractivity contribution >= 4 is 17.5 Å². The molecular weight excluding hydrogens is 400 g/mol. The summed E-state index contributed by atoms with van der Waals surface area (Å²) < 4.78 is 11.1. The maximum atomic E-state index is 13.4. The third-order valence-corrected chi connectivity index (χ3v) is 6.44. The van der Waals surface area contributed by atoms with Gasteiger partial charge in [0.1, 0.15) is 0 Å². The Hall–Kier alpha value is -2.24. The summed E-state index contributed by atoms with van der Waals surface area (Å²) in [5.74, 6) is 1.58. The van der Waals surface area contributed by atoms with Crippen molar-refractivity contribution in [3.05, 3.63) is 58.1 Å². The van der Waals surface area contributed by atoms with Gasteiger partial charge in [-0.15, -0.1) is 0 Å². The zero-order valence-electron chi connectivity index (χ0n) is 17.7. The van der Waals surface area contributed by atoms with E-state index in [0.717, 1.165) is 36.4 Å². The van der Waals surface area contributed by atoms with Crippen LogP contribution in [-0.4, -0.2) is 56.1 Å². The molecule has 0 aromatic heterocycles. The van der Waals surface area contributed by atoms with E-state index in [1.54, 1.807) is 14.2 Å². The van der Waals surface area contributed by atoms with Crippen LogP contribution in [0.5, 0.6) is 11.5 Å². The Morgan fingerprint density at radius 1 is 1.00 bits per heavy atom. The van der Waals surface area contributed by atoms with Crippen LogP contribution in [-0.2, 0) is 11.2 Å². The topological polar surface area (TPSA) is 42.0 Å². The van der Waals surface area contributed by atoms with E-state index in [1.165, 1.54) is 24.8 Å². The number of hydrogen-bond acceptors (Lipinski definition) is 4. The van der Waals surface area contributed by atoms with Gasteiger partial charge in [0.05, 0.1) is 26.8 Å². The van der Waals surface area contributed by atoms with Crippen LogP contribution in [0.2, 0.25) is 5.02 Å². The molecule has 4 rings (SSSR count). The molecule has 0 spiro atoms. The monoisotopic (exact) mass is 428 g/mol. The summed E-state index contributed by atoms with van der Waals surface area (Å²) in [6.45, 7) is 3.18. The number of carbonyl (C=O) groups is 1. The molecule has 1 unspecified atom stereocenters. The Kier molecular flexibility index (Phi) is 6.49. The molecule has 0 radical (unpaired) electrons. The van der Waals surface area contributed by atoms with Gasteiger partial charge in [-0.2, -0.15) is 0 Å². The van der Waals surface area contributed by atoms with Crippen molar-refractivity contribution in [1.29, 1.82) is 0 Å². The number of rotatable bonds is 5. The van der Waals surface area contributed by atoms with Crippen molar-refractivity contribution in [2.45, 2.75) is 31.7 Å². The molecule has 160 valence electrons. The molecule has 1 fully saturated rings. The number of ether oxygens (including phenoxy) is 2. The second-order valence-corrected chi connectivity index (χ2v) is 8.47. The molecule has 2 aliphatic heterocycles. The minimum atomic E-state index is -0.164. The summed E-state index contributed by atoms with van der Waals surface area (Å²) in [6.07, 6.45) is 4.41. The SMILES string of the molecule is COc1cc2c(cc1OC)C(c1ccc(Cl)cc1)N(C(=O)CN1CCCCC1)CC2. The first kappa shape index (κ1) is 21.0. The van der Waals surface area contributed by atoms with Crippen molar-refractivity contribution in [2.75, 3.05) is 40.4 Å². The molecule has 2 aromatic carbocycles. The lowest BCUT2D eigenvalue weighted by molar-refractivity contribution is -0.134. The molecule has 30 heavy (non-hydrogen) atoms. The summed E-state index contributed by atoms with van der Waals surface area (Å²) >= 11 is 6.14. The molecule has 0 aliphatic carbocycles. The fraction of sp³-hybridized carbons (Fsp3) is 0.458. The number of amides is 1. The van der Waals surface area contributed by atoms with E-state index >= 15 is 0 Å². The lowest BCUT2D eigenvalue weighted by Gasteiger charge is -2.39. The third-order valence-electron chi connectivity index (χ3n) is 6.19. The van der Waals surface area contributed by atoms with E-state index in [-0.39, 0.29) is 11.9 Å². The molecule has 6 heteroatoms. The van der Waals surface area contributed by atoms with Crippen molar-refractivity contribution in [3.63, 3.8) is 0 Å². The lowest BCUT2D eigenvalue weighted by atomic mass is 9.87. The van der Waals surface area contributed by atoms with Crippen LogP contribution < -0.4 is 9.47 Å². The van der Waals surface area contributed by atoms with E-state index < -0.39 is 0 Å². The highest BCUT2D eigenvalue weighted by atomic mass is 35.5. The van der Waals surface area contributed by atoms with E-state index in [0.29, 0.717) is 23.9 Å². The van der Waals surface area contributed by atoms with Gasteiger partial charge in [-0.1, -0.05) is 30.2 Å². The average molecular weight is 429 g/mol. The Balaban J connectivity index is 1.71. The van der Waals surface area contributed by atoms with Crippen LogP contribution >= 0.6 is 11.6 Å². The second kappa shape index (κ2) is 9.27. The normalized spacial score (nSPS) is 19.3. The number of likely N-dealkylation sites (tertiary alicyclic amines) is 1. The van der Waals surface area contributed by atoms with Gasteiger partial charge in [0.2, 0.25) is 5.91 Å². The van der Waals surface area contributed by atoms with Crippen LogP contribution in [0.25, 0.3) is 0 Å². The molecule has 1 amide bonds. The number of hydrogen-bond donors (Lipinski definition) is 0. The molecule has 2 aromatic rings. The molecule has 1 atom stereocenters. The zero-order chi connectivity index (χ0) is 21.1. The van der Waals surface area contributed by atoms with Gasteiger partial charge in [0.15, 0.2) is 11.5 Å². The summed E-state index contributed by atoms with van der Waals surface area (Å²) in [7, 11) is 3.29. The number of halogens is 1. The largest absolute Gasteiger partial charge is 0.493 e. The molecule has 5 nitrogen and oxygen atoms in total. The van der Waals surface area contributed by atoms with E-state index in [1.807, 2.05) is 41.3 Å². The van der Waals surface area contributed by atoms with Crippen molar-refractivity contribution in [3.8, 4) is 11.5 Å².